The van der Waals surface area contributed by atoms with Crippen molar-refractivity contribution in [3.05, 3.63) is 0 Å². The first-order valence-corrected chi connectivity index (χ1v) is 38.9. The minimum absolute atomic E-state index is 0.0798. The zero-order chi connectivity index (χ0) is 64.3. The molecule has 1 rings (SSSR count). The molecule has 1 saturated heterocycles. The highest BCUT2D eigenvalue weighted by Gasteiger charge is 2.40. The fourth-order valence-corrected chi connectivity index (χ4v) is 17.0. The highest BCUT2D eigenvalue weighted by atomic mass is 28.4. The molecular weight excluding hydrogens is 1210 g/mol. The molecule has 0 spiro atoms. The van der Waals surface area contributed by atoms with E-state index in [1.54, 1.807) is 107 Å². The summed E-state index contributed by atoms with van der Waals surface area (Å²) in [6, 6.07) is 3.03. The number of hydrogen-bond acceptors (Lipinski definition) is 29. The molecular formula is C51H120N4O25Si5. The Hall–Kier alpha value is -0.0756. The predicted molar refractivity (Wildman–Crippen MR) is 329 cm³/mol. The van der Waals surface area contributed by atoms with E-state index in [-0.39, 0.29) is 52.6 Å². The summed E-state index contributed by atoms with van der Waals surface area (Å²) in [6.45, 7) is 7.32. The van der Waals surface area contributed by atoms with E-state index < -0.39 is 68.4 Å². The number of nitrogens with two attached hydrogens (primary N) is 2. The van der Waals surface area contributed by atoms with Crippen molar-refractivity contribution in [3.8, 4) is 0 Å². The number of ether oxygens (including phenoxy) is 6. The van der Waals surface area contributed by atoms with Crippen LogP contribution in [0.4, 0.5) is 0 Å². The zero-order valence-corrected chi connectivity index (χ0v) is 59.7. The molecule has 0 aliphatic carbocycles. The van der Waals surface area contributed by atoms with Crippen LogP contribution >= 0.6 is 0 Å². The van der Waals surface area contributed by atoms with Crippen LogP contribution < -0.4 is 11.5 Å². The lowest BCUT2D eigenvalue weighted by atomic mass is 10.2. The van der Waals surface area contributed by atoms with E-state index in [9.17, 15) is 20.4 Å². The molecule has 0 saturated carbocycles. The number of hydrogen-bond donors (Lipinski definition) is 6. The number of nitrogens with zero attached hydrogens (tertiary/aromatic N) is 2. The van der Waals surface area contributed by atoms with E-state index in [1.165, 1.54) is 0 Å². The maximum Gasteiger partial charge on any atom is 0.500 e. The lowest BCUT2D eigenvalue weighted by Crippen LogP contribution is -2.44. The molecule has 0 aromatic carbocycles. The molecule has 1 fully saturated rings. The molecule has 29 nitrogen and oxygen atoms in total. The second-order valence-corrected chi connectivity index (χ2v) is 35.2. The van der Waals surface area contributed by atoms with Crippen molar-refractivity contribution in [3.63, 3.8) is 0 Å². The van der Waals surface area contributed by atoms with E-state index in [2.05, 4.69) is 0 Å². The lowest BCUT2D eigenvalue weighted by Gasteiger charge is -2.30. The van der Waals surface area contributed by atoms with Gasteiger partial charge >= 0.3 is 44.0 Å². The Morgan fingerprint density at radius 2 is 0.565 bits per heavy atom. The van der Waals surface area contributed by atoms with Gasteiger partial charge in [-0.1, -0.05) is 0 Å². The monoisotopic (exact) mass is 1330 g/mol. The Kier molecular flexibility index (Phi) is 55.7. The Morgan fingerprint density at radius 1 is 0.353 bits per heavy atom. The van der Waals surface area contributed by atoms with Gasteiger partial charge in [-0.3, -0.25) is 9.80 Å². The Morgan fingerprint density at radius 3 is 0.741 bits per heavy atom. The van der Waals surface area contributed by atoms with Crippen molar-refractivity contribution in [1.82, 2.24) is 9.80 Å². The molecule has 0 radical (unpaired) electrons. The average molecular weight is 1330 g/mol. The van der Waals surface area contributed by atoms with Crippen LogP contribution in [0.3, 0.4) is 0 Å². The summed E-state index contributed by atoms with van der Waals surface area (Å²) in [7, 11) is 10.3. The minimum Gasteiger partial charge on any atom is -0.389 e. The molecule has 1 heterocycles. The van der Waals surface area contributed by atoms with Crippen LogP contribution in [0.5, 0.6) is 0 Å². The Balaban J connectivity index is 0. The first kappa shape index (κ1) is 87.0. The SMILES string of the molecule is CO[Si](CCCOCC(O)CN(CCCN(CC(O)COCCC[Si](OC)(OC)OC)CC(O)COCCC[Si](OC)(OC)OC)CC(O)COCCC[Si](OC)(OC)OC)(OC)OC.CO[Si](CCCOCC1CO1)(OC)OC.NCCCN. The van der Waals surface area contributed by atoms with Crippen molar-refractivity contribution in [1.29, 1.82) is 0 Å². The third-order valence-electron chi connectivity index (χ3n) is 13.7. The van der Waals surface area contributed by atoms with Crippen LogP contribution in [0.15, 0.2) is 0 Å². The quantitative estimate of drug-likeness (QED) is 0.0275. The number of aliphatic hydroxyl groups excluding tert-OH is 4. The molecule has 0 aromatic heterocycles. The van der Waals surface area contributed by atoms with Gasteiger partial charge in [0.15, 0.2) is 0 Å². The van der Waals surface area contributed by atoms with E-state index in [0.717, 1.165) is 38.6 Å². The van der Waals surface area contributed by atoms with Crippen molar-refractivity contribution >= 4 is 44.0 Å². The van der Waals surface area contributed by atoms with Crippen LogP contribution in [0, 0.1) is 0 Å². The summed E-state index contributed by atoms with van der Waals surface area (Å²) in [5, 5.41) is 44.3. The minimum atomic E-state index is -2.74. The molecule has 5 unspecified atom stereocenters. The highest BCUT2D eigenvalue weighted by Crippen LogP contribution is 2.20. The van der Waals surface area contributed by atoms with Gasteiger partial charge in [0.25, 0.3) is 0 Å². The van der Waals surface area contributed by atoms with Gasteiger partial charge in [-0.15, -0.1) is 0 Å². The van der Waals surface area contributed by atoms with E-state index >= 15 is 0 Å². The van der Waals surface area contributed by atoms with Crippen LogP contribution in [0.25, 0.3) is 0 Å². The third-order valence-corrected chi connectivity index (χ3v) is 27.9. The normalized spacial score (nSPS) is 15.6. The summed E-state index contributed by atoms with van der Waals surface area (Å²) < 4.78 is 115. The molecule has 85 heavy (non-hydrogen) atoms. The molecule has 5 atom stereocenters. The first-order valence-electron chi connectivity index (χ1n) is 29.2. The van der Waals surface area contributed by atoms with Gasteiger partial charge in [0.05, 0.1) is 64.1 Å². The maximum atomic E-state index is 11.1. The van der Waals surface area contributed by atoms with Gasteiger partial charge in [-0.2, -0.15) is 0 Å². The molecule has 0 aromatic rings. The summed E-state index contributed by atoms with van der Waals surface area (Å²) in [4.78, 5) is 3.92. The van der Waals surface area contributed by atoms with Crippen LogP contribution in [-0.2, 0) is 94.8 Å². The second kappa shape index (κ2) is 54.5. The maximum absolute atomic E-state index is 11.1. The molecule has 8 N–H and O–H groups in total. The first-order chi connectivity index (χ1) is 40.8. The lowest BCUT2D eigenvalue weighted by molar-refractivity contribution is -0.0173. The molecule has 514 valence electrons. The number of aliphatic hydroxyl groups is 4. The standard InChI is InChI=1S/C39H90N2O20Si4.C9H20O5Si.C3H10N2/c1-46-62(47-2,48-3)24-14-20-58-32-36(42)28-40(29-37(43)33-59-21-15-25-63(49-4,50-5)51-6)18-13-19-41(30-38(44)34-60-22-16-26-64(52-7,53-8)54-9)31-39(45)35-61-23-17-27-65(55-10,56-11)57-12;1-10-15(11-2,12-3)6-4-5-13-7-9-8-14-9;4-2-1-3-5/h36-39,42-45H,13-35H2,1-12H3;9H,4-8H2,1-3H3;1-5H2. The molecule has 1 aliphatic heterocycles. The van der Waals surface area contributed by atoms with Crippen molar-refractivity contribution in [2.45, 2.75) is 106 Å². The smallest absolute Gasteiger partial charge is 0.389 e. The van der Waals surface area contributed by atoms with E-state index in [4.69, 9.17) is 106 Å². The predicted octanol–water partition coefficient (Wildman–Crippen LogP) is 0.527. The van der Waals surface area contributed by atoms with Crippen LogP contribution in [-0.4, -0.2) is 336 Å². The van der Waals surface area contributed by atoms with Gasteiger partial charge < -0.3 is 127 Å². The largest absolute Gasteiger partial charge is 0.500 e. The van der Waals surface area contributed by atoms with Gasteiger partial charge in [-0.25, -0.2) is 0 Å². The summed E-state index contributed by atoms with van der Waals surface area (Å²) >= 11 is 0. The van der Waals surface area contributed by atoms with Crippen molar-refractivity contribution in [2.75, 3.05) is 232 Å². The van der Waals surface area contributed by atoms with Crippen molar-refractivity contribution in [2.24, 2.45) is 11.5 Å². The van der Waals surface area contributed by atoms with Crippen LogP contribution in [0.2, 0.25) is 30.2 Å². The van der Waals surface area contributed by atoms with E-state index in [0.29, 0.717) is 115 Å². The summed E-state index contributed by atoms with van der Waals surface area (Å²) in [5.41, 5.74) is 10.1. The molecule has 0 amide bonds. The topological polar surface area (TPSA) is 337 Å². The third kappa shape index (κ3) is 41.2. The number of epoxide rings is 1. The highest BCUT2D eigenvalue weighted by molar-refractivity contribution is 6.62. The summed E-state index contributed by atoms with van der Waals surface area (Å²) in [5.74, 6) is 0. The van der Waals surface area contributed by atoms with Gasteiger partial charge in [0.2, 0.25) is 0 Å². The zero-order valence-electron chi connectivity index (χ0n) is 54.7. The second-order valence-electron chi connectivity index (χ2n) is 19.7. The molecule has 0 bridgehead atoms. The average Bonchev–Trinajstić information content (AvgIpc) is 4.38. The van der Waals surface area contributed by atoms with Crippen molar-refractivity contribution < 1.29 is 115 Å². The number of rotatable bonds is 59. The fraction of sp³-hybridized carbons (Fsp3) is 1.00. The Bertz CT molecular complexity index is 1260. The van der Waals surface area contributed by atoms with Gasteiger partial charge in [0.1, 0.15) is 6.10 Å². The van der Waals surface area contributed by atoms with E-state index in [1.807, 2.05) is 9.80 Å². The molecule has 1 aliphatic rings. The Labute approximate surface area is 516 Å². The van der Waals surface area contributed by atoms with Crippen LogP contribution in [0.1, 0.15) is 44.9 Å². The fourth-order valence-electron chi connectivity index (χ4n) is 8.54. The van der Waals surface area contributed by atoms with Gasteiger partial charge in [-0.05, 0) is 71.1 Å². The molecule has 34 heteroatoms. The summed E-state index contributed by atoms with van der Waals surface area (Å²) in [6.07, 6.45) is 1.82. The van der Waals surface area contributed by atoms with Gasteiger partial charge in [0, 0.05) is 196 Å².